The summed E-state index contributed by atoms with van der Waals surface area (Å²) in [6, 6.07) is 9.03. The van der Waals surface area contributed by atoms with E-state index in [0.717, 1.165) is 50.7 Å². The van der Waals surface area contributed by atoms with Gasteiger partial charge in [0.15, 0.2) is 0 Å². The summed E-state index contributed by atoms with van der Waals surface area (Å²) in [6.45, 7) is 5.53. The van der Waals surface area contributed by atoms with Gasteiger partial charge in [-0.15, -0.1) is 0 Å². The van der Waals surface area contributed by atoms with Crippen LogP contribution in [-0.4, -0.2) is 59.2 Å². The maximum Gasteiger partial charge on any atom is 0.139 e. The molecule has 134 valence electrons. The second-order valence-electron chi connectivity index (χ2n) is 7.24. The maximum atomic E-state index is 5.49. The van der Waals surface area contributed by atoms with Crippen molar-refractivity contribution in [3.05, 3.63) is 59.8 Å². The van der Waals surface area contributed by atoms with E-state index in [1.54, 1.807) is 0 Å². The fraction of sp³-hybridized carbons (Fsp3) is 0.400. The van der Waals surface area contributed by atoms with Crippen molar-refractivity contribution in [2.45, 2.75) is 12.5 Å². The van der Waals surface area contributed by atoms with E-state index in [0.29, 0.717) is 0 Å². The van der Waals surface area contributed by atoms with Gasteiger partial charge < -0.3 is 14.5 Å². The number of benzene rings is 1. The molecule has 0 saturated carbocycles. The SMILES string of the molecule is CN1Cc2cc(N3CCOCC3)ccc2C(c2cc3nccn3cn2)C1. The minimum atomic E-state index is 0.282. The molecule has 3 aromatic rings. The van der Waals surface area contributed by atoms with Crippen molar-refractivity contribution >= 4 is 11.3 Å². The van der Waals surface area contributed by atoms with Crippen LogP contribution >= 0.6 is 0 Å². The van der Waals surface area contributed by atoms with Crippen molar-refractivity contribution in [3.8, 4) is 0 Å². The van der Waals surface area contributed by atoms with E-state index in [1.807, 2.05) is 23.1 Å². The molecular weight excluding hydrogens is 326 g/mol. The Morgan fingerprint density at radius 2 is 2.00 bits per heavy atom. The van der Waals surface area contributed by atoms with Gasteiger partial charge in [-0.25, -0.2) is 9.97 Å². The van der Waals surface area contributed by atoms with E-state index >= 15 is 0 Å². The third kappa shape index (κ3) is 2.75. The molecule has 4 heterocycles. The first kappa shape index (κ1) is 15.8. The Hall–Kier alpha value is -2.44. The van der Waals surface area contributed by atoms with Gasteiger partial charge in [0.25, 0.3) is 0 Å². The summed E-state index contributed by atoms with van der Waals surface area (Å²) in [5.41, 5.74) is 6.14. The minimum Gasteiger partial charge on any atom is -0.378 e. The number of fused-ring (bicyclic) bond motifs is 2. The lowest BCUT2D eigenvalue weighted by Gasteiger charge is -2.34. The number of morpholine rings is 1. The Balaban J connectivity index is 1.52. The number of likely N-dealkylation sites (N-methyl/N-ethyl adjacent to an activating group) is 1. The van der Waals surface area contributed by atoms with E-state index in [2.05, 4.69) is 46.1 Å². The molecule has 0 spiro atoms. The van der Waals surface area contributed by atoms with Crippen molar-refractivity contribution in [1.29, 1.82) is 0 Å². The van der Waals surface area contributed by atoms with Crippen LogP contribution in [0.25, 0.3) is 5.65 Å². The number of hydrogen-bond donors (Lipinski definition) is 0. The molecule has 1 saturated heterocycles. The van der Waals surface area contributed by atoms with E-state index in [9.17, 15) is 0 Å². The molecule has 0 radical (unpaired) electrons. The summed E-state index contributed by atoms with van der Waals surface area (Å²) >= 11 is 0. The average Bonchev–Trinajstić information content (AvgIpc) is 3.15. The highest BCUT2D eigenvalue weighted by atomic mass is 16.5. The van der Waals surface area contributed by atoms with Crippen LogP contribution in [0.3, 0.4) is 0 Å². The normalized spacial score (nSPS) is 21.1. The summed E-state index contributed by atoms with van der Waals surface area (Å²) in [6.07, 6.45) is 5.62. The Bertz CT molecular complexity index is 931. The number of rotatable bonds is 2. The highest BCUT2D eigenvalue weighted by Crippen LogP contribution is 2.34. The first-order valence-corrected chi connectivity index (χ1v) is 9.20. The van der Waals surface area contributed by atoms with Gasteiger partial charge in [0.1, 0.15) is 12.0 Å². The molecule has 0 bridgehead atoms. The van der Waals surface area contributed by atoms with Crippen molar-refractivity contribution in [1.82, 2.24) is 19.3 Å². The van der Waals surface area contributed by atoms with Crippen LogP contribution in [-0.2, 0) is 11.3 Å². The largest absolute Gasteiger partial charge is 0.378 e. The minimum absolute atomic E-state index is 0.282. The molecule has 2 aliphatic rings. The number of anilines is 1. The molecule has 2 aliphatic heterocycles. The van der Waals surface area contributed by atoms with Crippen LogP contribution < -0.4 is 4.90 Å². The van der Waals surface area contributed by atoms with Crippen LogP contribution in [0.1, 0.15) is 22.7 Å². The van der Waals surface area contributed by atoms with Crippen molar-refractivity contribution < 1.29 is 4.74 Å². The topological polar surface area (TPSA) is 45.9 Å². The summed E-state index contributed by atoms with van der Waals surface area (Å²) in [5, 5.41) is 0. The molecule has 0 N–H and O–H groups in total. The van der Waals surface area contributed by atoms with Gasteiger partial charge in [0.05, 0.1) is 18.9 Å². The zero-order valence-corrected chi connectivity index (χ0v) is 15.0. The van der Waals surface area contributed by atoms with Crippen LogP contribution in [0.15, 0.2) is 43.0 Å². The summed E-state index contributed by atoms with van der Waals surface area (Å²) in [7, 11) is 2.19. The Morgan fingerprint density at radius 3 is 2.88 bits per heavy atom. The summed E-state index contributed by atoms with van der Waals surface area (Å²) < 4.78 is 7.45. The Labute approximate surface area is 153 Å². The Kier molecular flexibility index (Phi) is 3.87. The summed E-state index contributed by atoms with van der Waals surface area (Å²) in [5.74, 6) is 0.282. The molecule has 6 heteroatoms. The fourth-order valence-corrected chi connectivity index (χ4v) is 4.13. The van der Waals surface area contributed by atoms with E-state index in [-0.39, 0.29) is 5.92 Å². The standard InChI is InChI=1S/C20H23N5O/c1-23-12-15-10-16(24-6-8-26-9-7-24)2-3-17(15)18(13-23)19-11-20-21-4-5-25(20)14-22-19/h2-5,10-11,14,18H,6-9,12-13H2,1H3. The lowest BCUT2D eigenvalue weighted by Crippen LogP contribution is -2.37. The number of nitrogens with zero attached hydrogens (tertiary/aromatic N) is 5. The number of aromatic nitrogens is 3. The first-order chi connectivity index (χ1) is 12.8. The van der Waals surface area contributed by atoms with E-state index < -0.39 is 0 Å². The van der Waals surface area contributed by atoms with Crippen LogP contribution in [0, 0.1) is 0 Å². The van der Waals surface area contributed by atoms with Crippen molar-refractivity contribution in [3.63, 3.8) is 0 Å². The molecule has 5 rings (SSSR count). The average molecular weight is 349 g/mol. The molecule has 1 fully saturated rings. The molecule has 1 unspecified atom stereocenters. The molecule has 0 aliphatic carbocycles. The predicted molar refractivity (Wildman–Crippen MR) is 101 cm³/mol. The maximum absolute atomic E-state index is 5.49. The third-order valence-electron chi connectivity index (χ3n) is 5.48. The van der Waals surface area contributed by atoms with E-state index in [1.165, 1.54) is 16.8 Å². The molecule has 6 nitrogen and oxygen atoms in total. The smallest absolute Gasteiger partial charge is 0.139 e. The first-order valence-electron chi connectivity index (χ1n) is 9.20. The second kappa shape index (κ2) is 6.37. The zero-order valence-electron chi connectivity index (χ0n) is 15.0. The highest BCUT2D eigenvalue weighted by molar-refractivity contribution is 5.54. The monoisotopic (exact) mass is 349 g/mol. The van der Waals surface area contributed by atoms with Gasteiger partial charge in [-0.1, -0.05) is 6.07 Å². The van der Waals surface area contributed by atoms with Crippen LogP contribution in [0.5, 0.6) is 0 Å². The van der Waals surface area contributed by atoms with Crippen molar-refractivity contribution in [2.75, 3.05) is 44.8 Å². The third-order valence-corrected chi connectivity index (χ3v) is 5.48. The van der Waals surface area contributed by atoms with Gasteiger partial charge in [-0.3, -0.25) is 4.40 Å². The van der Waals surface area contributed by atoms with Gasteiger partial charge in [0.2, 0.25) is 0 Å². The summed E-state index contributed by atoms with van der Waals surface area (Å²) in [4.78, 5) is 13.9. The van der Waals surface area contributed by atoms with Gasteiger partial charge in [0, 0.05) is 56.2 Å². The number of ether oxygens (including phenoxy) is 1. The Morgan fingerprint density at radius 1 is 1.12 bits per heavy atom. The van der Waals surface area contributed by atoms with Gasteiger partial charge in [-0.05, 0) is 30.3 Å². The lowest BCUT2D eigenvalue weighted by atomic mass is 9.87. The molecule has 1 aromatic carbocycles. The second-order valence-corrected chi connectivity index (χ2v) is 7.24. The van der Waals surface area contributed by atoms with E-state index in [4.69, 9.17) is 9.72 Å². The molecule has 26 heavy (non-hydrogen) atoms. The number of hydrogen-bond acceptors (Lipinski definition) is 5. The quantitative estimate of drug-likeness (QED) is 0.709. The predicted octanol–water partition coefficient (Wildman–Crippen LogP) is 2.14. The molecular formula is C20H23N5O. The van der Waals surface area contributed by atoms with Crippen LogP contribution in [0.2, 0.25) is 0 Å². The molecule has 1 atom stereocenters. The lowest BCUT2D eigenvalue weighted by molar-refractivity contribution is 0.122. The van der Waals surface area contributed by atoms with Crippen molar-refractivity contribution in [2.24, 2.45) is 0 Å². The zero-order chi connectivity index (χ0) is 17.5. The molecule has 2 aromatic heterocycles. The van der Waals surface area contributed by atoms with Crippen LogP contribution in [0.4, 0.5) is 5.69 Å². The van der Waals surface area contributed by atoms with Gasteiger partial charge in [-0.2, -0.15) is 0 Å². The number of imidazole rings is 1. The highest BCUT2D eigenvalue weighted by Gasteiger charge is 2.27. The molecule has 0 amide bonds. The fourth-order valence-electron chi connectivity index (χ4n) is 4.13. The van der Waals surface area contributed by atoms with Gasteiger partial charge >= 0.3 is 0 Å².